The number of fused-ring (bicyclic) bond motifs is 4. The standard InChI is InChI=1S/C84H98N12O10/c1-53-43-65-71(47-63(53)91-77(99)103-81(5,6)7)95(59-31-23-21-24-32-59)73-49-69(55(3)45-67(73)89-65)93(79(101)105-83(11,12)13)41-29-19-17-27-39-85-75(97)57-35-37-61(87-51-57)62-38-36-58(52-88-62)76(98)86-40-28-18-20-30-42-94(80(102)106-84(14,15)16)70-50-74-68(46-56(70)4)90-66-44-54(2)64(92-78(100)104-82(8,9)10)48-72(66)96(74)60-33-25-22-26-34-60/h21-26,31-38,43-52H,17-20,27-30,39-42H2,1-16H3,(H2,85,86,97,98)/p+2. The molecule has 0 aliphatic rings. The van der Waals surface area contributed by atoms with Crippen LogP contribution in [0.1, 0.15) is 177 Å². The number of hydrogen-bond donors (Lipinski definition) is 4. The summed E-state index contributed by atoms with van der Waals surface area (Å²) < 4.78 is 27.4. The highest BCUT2D eigenvalue weighted by Gasteiger charge is 2.32. The number of hydrogen-bond acceptors (Lipinski definition) is 14. The van der Waals surface area contributed by atoms with E-state index in [9.17, 15) is 28.8 Å². The highest BCUT2D eigenvalue weighted by Crippen LogP contribution is 2.34. The summed E-state index contributed by atoms with van der Waals surface area (Å²) in [4.78, 5) is 104. The Morgan fingerprint density at radius 2 is 0.717 bits per heavy atom. The molecular formula is C84H100N12O10+2. The number of benzene rings is 6. The molecular weight excluding hydrogens is 1340 g/mol. The zero-order chi connectivity index (χ0) is 76.4. The first kappa shape index (κ1) is 77.5. The van der Waals surface area contributed by atoms with E-state index in [4.69, 9.17) is 28.9 Å². The second-order valence-corrected chi connectivity index (χ2v) is 30.9. The number of nitrogens with one attached hydrogen (secondary N) is 4. The quantitative estimate of drug-likeness (QED) is 0.0201. The predicted molar refractivity (Wildman–Crippen MR) is 416 cm³/mol. The molecule has 10 aromatic rings. The van der Waals surface area contributed by atoms with E-state index in [2.05, 4.69) is 40.4 Å². The van der Waals surface area contributed by atoms with Gasteiger partial charge in [-0.25, -0.2) is 29.1 Å². The van der Waals surface area contributed by atoms with Crippen LogP contribution in [0.25, 0.3) is 66.9 Å². The van der Waals surface area contributed by atoms with Crippen LogP contribution < -0.4 is 40.2 Å². The molecule has 0 aliphatic heterocycles. The number of amides is 6. The first-order chi connectivity index (χ1) is 50.2. The van der Waals surface area contributed by atoms with Crippen molar-refractivity contribution in [3.05, 3.63) is 179 Å². The molecule has 22 nitrogen and oxygen atoms in total. The van der Waals surface area contributed by atoms with Crippen LogP contribution in [0, 0.1) is 27.7 Å². The lowest BCUT2D eigenvalue weighted by Gasteiger charge is -2.28. The van der Waals surface area contributed by atoms with Crippen molar-refractivity contribution >= 4 is 103 Å². The molecule has 0 saturated carbocycles. The van der Waals surface area contributed by atoms with Crippen LogP contribution in [-0.2, 0) is 18.9 Å². The minimum Gasteiger partial charge on any atom is -0.444 e. The minimum atomic E-state index is -0.754. The van der Waals surface area contributed by atoms with Gasteiger partial charge in [0.15, 0.2) is 0 Å². The van der Waals surface area contributed by atoms with Crippen LogP contribution in [0.3, 0.4) is 0 Å². The van der Waals surface area contributed by atoms with Crippen molar-refractivity contribution in [2.24, 2.45) is 0 Å². The van der Waals surface area contributed by atoms with E-state index in [-0.39, 0.29) is 11.8 Å². The van der Waals surface area contributed by atoms with E-state index >= 15 is 0 Å². The van der Waals surface area contributed by atoms with Gasteiger partial charge in [0.2, 0.25) is 33.4 Å². The summed E-state index contributed by atoms with van der Waals surface area (Å²) in [6, 6.07) is 42.3. The topological polar surface area (TPSA) is 253 Å². The summed E-state index contributed by atoms with van der Waals surface area (Å²) in [6.07, 6.45) is 6.86. The third-order valence-corrected chi connectivity index (χ3v) is 17.3. The van der Waals surface area contributed by atoms with Crippen LogP contribution in [0.15, 0.2) is 146 Å². The molecule has 6 aromatic carbocycles. The van der Waals surface area contributed by atoms with Crippen LogP contribution in [0.2, 0.25) is 0 Å². The van der Waals surface area contributed by atoms with Gasteiger partial charge in [0.05, 0.1) is 45.3 Å². The van der Waals surface area contributed by atoms with E-state index in [1.165, 1.54) is 12.4 Å². The van der Waals surface area contributed by atoms with Gasteiger partial charge in [0.1, 0.15) is 44.5 Å². The van der Waals surface area contributed by atoms with E-state index < -0.39 is 46.8 Å². The lowest BCUT2D eigenvalue weighted by atomic mass is 10.1. The average molecular weight is 1440 g/mol. The van der Waals surface area contributed by atoms with Crippen molar-refractivity contribution in [2.45, 2.75) is 185 Å². The number of carbonyl (C=O) groups is 6. The maximum atomic E-state index is 14.2. The summed E-state index contributed by atoms with van der Waals surface area (Å²) in [5, 5.41) is 11.9. The van der Waals surface area contributed by atoms with Crippen molar-refractivity contribution in [3.63, 3.8) is 0 Å². The number of aryl methyl sites for hydroxylation is 4. The van der Waals surface area contributed by atoms with Crippen molar-refractivity contribution in [1.29, 1.82) is 0 Å². The zero-order valence-electron chi connectivity index (χ0n) is 64.0. The van der Waals surface area contributed by atoms with Crippen molar-refractivity contribution in [3.8, 4) is 22.8 Å². The SMILES string of the molecule is Cc1cc2nc3cc(C)c(N(CCCCCCNC(=O)c4ccc(-c5ccc(C(=O)NCCCCCCN(C(=O)OC(C)(C)C)c6cc7c(cc6C)nc6cc(C)c(NC(=O)OC(C)(C)C)cc6[n+]7-c6ccccc6)cn5)nc4)C(=O)OC(C)(C)C)cc3[n+](-c3ccccc3)c2cc1NC(=O)OC(C)(C)C. The van der Waals surface area contributed by atoms with E-state index in [0.717, 1.165) is 103 Å². The van der Waals surface area contributed by atoms with Gasteiger partial charge in [-0.05, 0) is 207 Å². The van der Waals surface area contributed by atoms with Crippen molar-refractivity contribution < 1.29 is 56.8 Å². The number of rotatable bonds is 23. The number of unbranched alkanes of at least 4 members (excludes halogenated alkanes) is 6. The van der Waals surface area contributed by atoms with Crippen molar-refractivity contribution in [1.82, 2.24) is 30.6 Å². The lowest BCUT2D eigenvalue weighted by Crippen LogP contribution is -2.38. The Bertz CT molecular complexity index is 4580. The minimum absolute atomic E-state index is 0.255. The monoisotopic (exact) mass is 1440 g/mol. The molecule has 106 heavy (non-hydrogen) atoms. The normalized spacial score (nSPS) is 11.9. The van der Waals surface area contributed by atoms with Gasteiger partial charge in [-0.15, -0.1) is 9.13 Å². The number of ether oxygens (including phenoxy) is 4. The second kappa shape index (κ2) is 32.9. The lowest BCUT2D eigenvalue weighted by molar-refractivity contribution is -0.538. The fourth-order valence-corrected chi connectivity index (χ4v) is 12.4. The Morgan fingerprint density at radius 1 is 0.387 bits per heavy atom. The molecule has 0 aliphatic carbocycles. The summed E-state index contributed by atoms with van der Waals surface area (Å²) in [7, 11) is 0. The highest BCUT2D eigenvalue weighted by molar-refractivity contribution is 5.98. The van der Waals surface area contributed by atoms with Gasteiger partial charge >= 0.3 is 24.4 Å². The molecule has 22 heteroatoms. The maximum absolute atomic E-state index is 14.2. The van der Waals surface area contributed by atoms with Gasteiger partial charge in [-0.2, -0.15) is 0 Å². The number of carbonyl (C=O) groups excluding carboxylic acids is 6. The summed E-state index contributed by atoms with van der Waals surface area (Å²) in [5.74, 6) is -0.511. The molecule has 0 fully saturated rings. The molecule has 554 valence electrons. The van der Waals surface area contributed by atoms with Gasteiger partial charge in [-0.3, -0.25) is 40.0 Å². The van der Waals surface area contributed by atoms with E-state index in [1.54, 1.807) is 34.1 Å². The second-order valence-electron chi connectivity index (χ2n) is 30.9. The predicted octanol–water partition coefficient (Wildman–Crippen LogP) is 17.5. The Kier molecular flexibility index (Phi) is 24.0. The molecule has 0 bridgehead atoms. The number of para-hydroxylation sites is 2. The Hall–Kier alpha value is -11.2. The first-order valence-electron chi connectivity index (χ1n) is 36.4. The molecule has 0 saturated heterocycles. The van der Waals surface area contributed by atoms with Crippen LogP contribution in [0.4, 0.5) is 41.9 Å². The average Bonchev–Trinajstić information content (AvgIpc) is 0.747. The molecule has 4 N–H and O–H groups in total. The van der Waals surface area contributed by atoms with E-state index in [0.29, 0.717) is 97.1 Å². The smallest absolute Gasteiger partial charge is 0.414 e. The van der Waals surface area contributed by atoms with Crippen LogP contribution in [-0.4, -0.2) is 105 Å². The highest BCUT2D eigenvalue weighted by atomic mass is 16.6. The summed E-state index contributed by atoms with van der Waals surface area (Å²) in [6.45, 7) is 31.4. The van der Waals surface area contributed by atoms with Gasteiger partial charge in [-0.1, -0.05) is 62.1 Å². The molecule has 0 spiro atoms. The Labute approximate surface area is 620 Å². The molecule has 0 radical (unpaired) electrons. The van der Waals surface area contributed by atoms with E-state index in [1.807, 2.05) is 220 Å². The number of nitrogens with zero attached hydrogens (tertiary/aromatic N) is 8. The Morgan fingerprint density at radius 3 is 1.05 bits per heavy atom. The van der Waals surface area contributed by atoms with Crippen LogP contribution >= 0.6 is 0 Å². The van der Waals surface area contributed by atoms with Gasteiger partial charge in [0, 0.05) is 87.1 Å². The van der Waals surface area contributed by atoms with Crippen molar-refractivity contribution in [2.75, 3.05) is 46.6 Å². The Balaban J connectivity index is 0.707. The maximum Gasteiger partial charge on any atom is 0.414 e. The third kappa shape index (κ3) is 20.2. The number of pyridine rings is 2. The fraction of sp³-hybridized carbons (Fsp3) is 0.381. The number of anilines is 4. The third-order valence-electron chi connectivity index (χ3n) is 17.3. The summed E-state index contributed by atoms with van der Waals surface area (Å²) >= 11 is 0. The molecule has 6 amide bonds. The molecule has 4 heterocycles. The molecule has 0 unspecified atom stereocenters. The molecule has 0 atom stereocenters. The molecule has 4 aromatic heterocycles. The fourth-order valence-electron chi connectivity index (χ4n) is 12.4. The number of aromatic nitrogens is 6. The molecule has 10 rings (SSSR count). The zero-order valence-corrected chi connectivity index (χ0v) is 64.0. The largest absolute Gasteiger partial charge is 0.444 e. The summed E-state index contributed by atoms with van der Waals surface area (Å²) in [5.41, 5.74) is 12.5. The first-order valence-corrected chi connectivity index (χ1v) is 36.4. The van der Waals surface area contributed by atoms with Gasteiger partial charge < -0.3 is 29.6 Å². The van der Waals surface area contributed by atoms with Gasteiger partial charge in [0.25, 0.3) is 11.8 Å². The van der Waals surface area contributed by atoms with Crippen LogP contribution in [0.5, 0.6) is 0 Å².